The molecule has 1 heterocycles. The Bertz CT molecular complexity index is 686. The molecule has 0 unspecified atom stereocenters. The van der Waals surface area contributed by atoms with E-state index in [1.165, 1.54) is 0 Å². The van der Waals surface area contributed by atoms with Crippen molar-refractivity contribution in [3.05, 3.63) is 29.6 Å². The molecule has 7 nitrogen and oxygen atoms in total. The van der Waals surface area contributed by atoms with Crippen LogP contribution in [0.5, 0.6) is 0 Å². The van der Waals surface area contributed by atoms with Crippen LogP contribution in [0.4, 0.5) is 10.1 Å². The van der Waals surface area contributed by atoms with Crippen LogP contribution in [0.2, 0.25) is 0 Å². The Morgan fingerprint density at radius 2 is 1.89 bits per heavy atom. The average Bonchev–Trinajstić information content (AvgIpc) is 2.59. The van der Waals surface area contributed by atoms with Gasteiger partial charge in [-0.25, -0.2) is 4.39 Å². The molecular formula is C19H29FN4O3. The molecular weight excluding hydrogens is 351 g/mol. The highest BCUT2D eigenvalue weighted by molar-refractivity contribution is 5.94. The number of piperazine rings is 1. The first-order chi connectivity index (χ1) is 12.3. The summed E-state index contributed by atoms with van der Waals surface area (Å²) in [7, 11) is 0. The van der Waals surface area contributed by atoms with E-state index in [4.69, 9.17) is 15.9 Å². The largest absolute Gasteiger partial charge is 0.460 e. The second-order valence-electron chi connectivity index (χ2n) is 6.58. The van der Waals surface area contributed by atoms with E-state index in [1.807, 2.05) is 18.7 Å². The first-order valence-electron chi connectivity index (χ1n) is 8.59. The molecule has 0 aromatic heterocycles. The van der Waals surface area contributed by atoms with E-state index >= 15 is 0 Å². The quantitative estimate of drug-likeness (QED) is 0.447. The smallest absolute Gasteiger partial charge is 0.313 e. The predicted octanol–water partition coefficient (Wildman–Crippen LogP) is 2.14. The fourth-order valence-electron chi connectivity index (χ4n) is 2.82. The molecule has 2 rings (SSSR count). The fraction of sp³-hybridized carbons (Fsp3) is 0.526. The molecule has 1 saturated heterocycles. The summed E-state index contributed by atoms with van der Waals surface area (Å²) in [5.74, 6) is -1.34. The Labute approximate surface area is 159 Å². The highest BCUT2D eigenvalue weighted by atomic mass is 19.1. The van der Waals surface area contributed by atoms with E-state index < -0.39 is 11.8 Å². The number of nitrogens with zero attached hydrogens (tertiary/aromatic N) is 2. The van der Waals surface area contributed by atoms with Crippen molar-refractivity contribution in [2.75, 3.05) is 31.1 Å². The van der Waals surface area contributed by atoms with Crippen molar-refractivity contribution >= 4 is 23.4 Å². The Kier molecular flexibility index (Phi) is 8.21. The number of nitrogens with one attached hydrogen (secondary N) is 1. The van der Waals surface area contributed by atoms with Crippen molar-refractivity contribution < 1.29 is 18.7 Å². The van der Waals surface area contributed by atoms with Crippen molar-refractivity contribution in [3.63, 3.8) is 0 Å². The summed E-state index contributed by atoms with van der Waals surface area (Å²) in [5.41, 5.74) is 5.83. The number of amidine groups is 1. The third-order valence-electron chi connectivity index (χ3n) is 4.21. The summed E-state index contributed by atoms with van der Waals surface area (Å²) in [4.78, 5) is 27.2. The van der Waals surface area contributed by atoms with Crippen LogP contribution in [0.1, 0.15) is 33.3 Å². The topological polar surface area (TPSA) is 99.7 Å². The summed E-state index contributed by atoms with van der Waals surface area (Å²) in [6, 6.07) is 4.94. The van der Waals surface area contributed by atoms with Crippen molar-refractivity contribution in [3.8, 4) is 0 Å². The van der Waals surface area contributed by atoms with Gasteiger partial charge in [0.15, 0.2) is 5.82 Å². The van der Waals surface area contributed by atoms with Gasteiger partial charge in [-0.1, -0.05) is 33.4 Å². The second-order valence-corrected chi connectivity index (χ2v) is 6.58. The van der Waals surface area contributed by atoms with Gasteiger partial charge in [0.1, 0.15) is 18.9 Å². The van der Waals surface area contributed by atoms with Crippen molar-refractivity contribution in [2.24, 2.45) is 11.7 Å². The molecule has 150 valence electrons. The Morgan fingerprint density at radius 1 is 1.26 bits per heavy atom. The van der Waals surface area contributed by atoms with E-state index in [0.29, 0.717) is 31.9 Å². The van der Waals surface area contributed by atoms with Crippen molar-refractivity contribution in [1.82, 2.24) is 4.90 Å². The molecule has 0 spiro atoms. The van der Waals surface area contributed by atoms with Crippen LogP contribution in [0.25, 0.3) is 0 Å². The number of rotatable bonds is 6. The molecule has 0 bridgehead atoms. The zero-order valence-corrected chi connectivity index (χ0v) is 15.1. The molecule has 1 aliphatic heterocycles. The van der Waals surface area contributed by atoms with Gasteiger partial charge in [0.05, 0.1) is 5.69 Å². The molecule has 8 heteroatoms. The number of carbonyl (C=O) groups excluding carboxylic acids is 2. The first kappa shape index (κ1) is 22.4. The van der Waals surface area contributed by atoms with Gasteiger partial charge in [-0.15, -0.1) is 0 Å². The second kappa shape index (κ2) is 9.89. The van der Waals surface area contributed by atoms with Crippen LogP contribution in [0, 0.1) is 17.1 Å². The SMILES string of the molecule is C.CC(C)C(=O)N1CCN(c2cccc(COC(=O)CC(=N)N)c2F)CC1. The number of nitrogens with two attached hydrogens (primary N) is 1. The minimum atomic E-state index is -0.664. The number of carbonyl (C=O) groups is 2. The lowest BCUT2D eigenvalue weighted by Gasteiger charge is -2.37. The number of ether oxygens (including phenoxy) is 1. The summed E-state index contributed by atoms with van der Waals surface area (Å²) in [6.07, 6.45) is -0.312. The highest BCUT2D eigenvalue weighted by Crippen LogP contribution is 2.24. The number of esters is 1. The number of hydrogen-bond donors (Lipinski definition) is 2. The van der Waals surface area contributed by atoms with E-state index in [2.05, 4.69) is 0 Å². The van der Waals surface area contributed by atoms with Crippen LogP contribution in [0.15, 0.2) is 18.2 Å². The number of benzene rings is 1. The van der Waals surface area contributed by atoms with Crippen LogP contribution >= 0.6 is 0 Å². The van der Waals surface area contributed by atoms with Crippen LogP contribution in [0.3, 0.4) is 0 Å². The summed E-state index contributed by atoms with van der Waals surface area (Å²) < 4.78 is 19.7. The van der Waals surface area contributed by atoms with Crippen molar-refractivity contribution in [1.29, 1.82) is 5.41 Å². The van der Waals surface area contributed by atoms with Gasteiger partial charge in [-0.2, -0.15) is 0 Å². The molecule has 1 aliphatic rings. The van der Waals surface area contributed by atoms with Gasteiger partial charge in [0, 0.05) is 37.7 Å². The highest BCUT2D eigenvalue weighted by Gasteiger charge is 2.25. The lowest BCUT2D eigenvalue weighted by molar-refractivity contribution is -0.143. The van der Waals surface area contributed by atoms with Gasteiger partial charge in [0.25, 0.3) is 0 Å². The zero-order valence-electron chi connectivity index (χ0n) is 15.1. The summed E-state index contributed by atoms with van der Waals surface area (Å²) >= 11 is 0. The molecule has 0 atom stereocenters. The number of amides is 1. The normalized spacial score (nSPS) is 13.9. The van der Waals surface area contributed by atoms with Gasteiger partial charge >= 0.3 is 5.97 Å². The minimum Gasteiger partial charge on any atom is -0.460 e. The van der Waals surface area contributed by atoms with E-state index in [1.54, 1.807) is 23.1 Å². The predicted molar refractivity (Wildman–Crippen MR) is 103 cm³/mol. The average molecular weight is 380 g/mol. The molecule has 3 N–H and O–H groups in total. The number of anilines is 1. The Hall–Kier alpha value is -2.64. The zero-order chi connectivity index (χ0) is 19.3. The summed E-state index contributed by atoms with van der Waals surface area (Å²) in [5, 5.41) is 7.06. The molecule has 1 aromatic carbocycles. The fourth-order valence-corrected chi connectivity index (χ4v) is 2.82. The molecule has 27 heavy (non-hydrogen) atoms. The molecule has 1 fully saturated rings. The number of halogens is 1. The van der Waals surface area contributed by atoms with E-state index in [0.717, 1.165) is 0 Å². The van der Waals surface area contributed by atoms with Crippen LogP contribution < -0.4 is 10.6 Å². The van der Waals surface area contributed by atoms with E-state index in [9.17, 15) is 14.0 Å². The van der Waals surface area contributed by atoms with Gasteiger partial charge in [-0.05, 0) is 6.07 Å². The van der Waals surface area contributed by atoms with E-state index in [-0.39, 0.29) is 43.7 Å². The molecule has 1 aromatic rings. The Balaban J connectivity index is 0.00000364. The van der Waals surface area contributed by atoms with Crippen molar-refractivity contribution in [2.45, 2.75) is 34.3 Å². The van der Waals surface area contributed by atoms with Gasteiger partial charge in [0.2, 0.25) is 5.91 Å². The van der Waals surface area contributed by atoms with Gasteiger partial charge in [-0.3, -0.25) is 15.0 Å². The third kappa shape index (κ3) is 5.94. The maximum Gasteiger partial charge on any atom is 0.313 e. The number of hydrogen-bond acceptors (Lipinski definition) is 5. The maximum absolute atomic E-state index is 14.8. The maximum atomic E-state index is 14.8. The Morgan fingerprint density at radius 3 is 2.44 bits per heavy atom. The molecule has 0 saturated carbocycles. The third-order valence-corrected chi connectivity index (χ3v) is 4.21. The first-order valence-corrected chi connectivity index (χ1v) is 8.59. The summed E-state index contributed by atoms with van der Waals surface area (Å²) in [6.45, 7) is 5.71. The lowest BCUT2D eigenvalue weighted by atomic mass is 10.1. The van der Waals surface area contributed by atoms with Crippen LogP contribution in [-0.2, 0) is 20.9 Å². The monoisotopic (exact) mass is 380 g/mol. The molecule has 0 radical (unpaired) electrons. The molecule has 0 aliphatic carbocycles. The standard InChI is InChI=1S/C18H25FN4O3.CH4/c1-12(2)18(25)23-8-6-22(7-9-23)14-5-3-4-13(17(14)19)11-26-16(24)10-15(20)21;/h3-5,12H,6-11H2,1-2H3,(H3,20,21);1H4. The van der Waals surface area contributed by atoms with Gasteiger partial charge < -0.3 is 20.3 Å². The van der Waals surface area contributed by atoms with Crippen LogP contribution in [-0.4, -0.2) is 48.8 Å². The lowest BCUT2D eigenvalue weighted by Crippen LogP contribution is -2.50. The molecule has 1 amide bonds. The minimum absolute atomic E-state index is 0.